The topological polar surface area (TPSA) is 29.1 Å². The van der Waals surface area contributed by atoms with Gasteiger partial charge >= 0.3 is 0 Å². The highest BCUT2D eigenvalue weighted by Gasteiger charge is 2.11. The fourth-order valence-electron chi connectivity index (χ4n) is 1.51. The van der Waals surface area contributed by atoms with Gasteiger partial charge in [-0.05, 0) is 36.1 Å². The molecule has 1 N–H and O–H groups in total. The number of hydrogen-bond donors (Lipinski definition) is 1. The first-order valence-corrected chi connectivity index (χ1v) is 6.57. The number of rotatable bonds is 3. The van der Waals surface area contributed by atoms with E-state index in [1.54, 1.807) is 0 Å². The smallest absolute Gasteiger partial charge is 0.252 e. The maximum Gasteiger partial charge on any atom is 0.252 e. The third-order valence-electron chi connectivity index (χ3n) is 2.50. The van der Waals surface area contributed by atoms with E-state index < -0.39 is 0 Å². The van der Waals surface area contributed by atoms with Gasteiger partial charge < -0.3 is 5.32 Å². The maximum atomic E-state index is 11.8. The summed E-state index contributed by atoms with van der Waals surface area (Å²) in [6.45, 7) is 1.95. The van der Waals surface area contributed by atoms with Crippen LogP contribution in [0, 0.1) is 0 Å². The van der Waals surface area contributed by atoms with Gasteiger partial charge in [-0.1, -0.05) is 23.7 Å². The normalized spacial score (nSPS) is 12.1. The lowest BCUT2D eigenvalue weighted by molar-refractivity contribution is 0.0940. The lowest BCUT2D eigenvalue weighted by Crippen LogP contribution is -2.26. The van der Waals surface area contributed by atoms with Crippen molar-refractivity contribution in [2.24, 2.45) is 0 Å². The van der Waals surface area contributed by atoms with Crippen LogP contribution >= 0.6 is 22.9 Å². The largest absolute Gasteiger partial charge is 0.345 e. The molecule has 2 nitrogen and oxygen atoms in total. The highest BCUT2D eigenvalue weighted by Crippen LogP contribution is 2.17. The minimum atomic E-state index is -0.0475. The molecule has 1 amide bonds. The Morgan fingerprint density at radius 2 is 2.00 bits per heavy atom. The molecule has 1 aromatic carbocycles. The summed E-state index contributed by atoms with van der Waals surface area (Å²) in [5.74, 6) is -0.0475. The fourth-order valence-corrected chi connectivity index (χ4v) is 2.27. The molecule has 2 aromatic rings. The van der Waals surface area contributed by atoms with Crippen LogP contribution in [0.2, 0.25) is 5.02 Å². The van der Waals surface area contributed by atoms with E-state index in [1.165, 1.54) is 11.3 Å². The van der Waals surface area contributed by atoms with Crippen LogP contribution in [0.1, 0.15) is 28.9 Å². The van der Waals surface area contributed by atoms with Crippen molar-refractivity contribution in [1.82, 2.24) is 5.32 Å². The van der Waals surface area contributed by atoms with Crippen molar-refractivity contribution in [3.8, 4) is 0 Å². The van der Waals surface area contributed by atoms with Gasteiger partial charge in [-0.2, -0.15) is 11.3 Å². The van der Waals surface area contributed by atoms with Gasteiger partial charge in [-0.15, -0.1) is 0 Å². The number of benzene rings is 1. The Balaban J connectivity index is 2.04. The Bertz CT molecular complexity index is 493. The van der Waals surface area contributed by atoms with Gasteiger partial charge in [0, 0.05) is 10.4 Å². The standard InChI is InChI=1S/C13H12ClNOS/c1-9(10-2-4-12(14)5-3-10)15-13(16)11-6-7-17-8-11/h2-9H,1H3,(H,15,16). The number of hydrogen-bond acceptors (Lipinski definition) is 2. The third kappa shape index (κ3) is 3.08. The number of halogens is 1. The van der Waals surface area contributed by atoms with Crippen LogP contribution < -0.4 is 5.32 Å². The van der Waals surface area contributed by atoms with Crippen molar-refractivity contribution in [3.63, 3.8) is 0 Å². The molecule has 4 heteroatoms. The van der Waals surface area contributed by atoms with E-state index in [2.05, 4.69) is 5.32 Å². The minimum Gasteiger partial charge on any atom is -0.345 e. The lowest BCUT2D eigenvalue weighted by atomic mass is 10.1. The molecule has 0 bridgehead atoms. The van der Waals surface area contributed by atoms with Crippen molar-refractivity contribution in [2.75, 3.05) is 0 Å². The van der Waals surface area contributed by atoms with Gasteiger partial charge in [-0.25, -0.2) is 0 Å². The molecule has 0 saturated heterocycles. The molecule has 0 fully saturated rings. The number of thiophene rings is 1. The van der Waals surface area contributed by atoms with E-state index in [1.807, 2.05) is 48.0 Å². The molecule has 0 aliphatic rings. The molecular weight excluding hydrogens is 254 g/mol. The van der Waals surface area contributed by atoms with Crippen molar-refractivity contribution < 1.29 is 4.79 Å². The van der Waals surface area contributed by atoms with Crippen LogP contribution in [0.15, 0.2) is 41.1 Å². The average molecular weight is 266 g/mol. The summed E-state index contributed by atoms with van der Waals surface area (Å²) in [7, 11) is 0. The molecule has 0 aliphatic heterocycles. The molecule has 0 aliphatic carbocycles. The number of amides is 1. The van der Waals surface area contributed by atoms with Crippen LogP contribution in [0.3, 0.4) is 0 Å². The first-order valence-electron chi connectivity index (χ1n) is 5.25. The average Bonchev–Trinajstić information content (AvgIpc) is 2.83. The molecule has 2 rings (SSSR count). The van der Waals surface area contributed by atoms with Crippen LogP contribution in [-0.4, -0.2) is 5.91 Å². The first-order chi connectivity index (χ1) is 8.16. The summed E-state index contributed by atoms with van der Waals surface area (Å²) in [6, 6.07) is 9.27. The number of carbonyl (C=O) groups excluding carboxylic acids is 1. The van der Waals surface area contributed by atoms with Crippen LogP contribution in [-0.2, 0) is 0 Å². The maximum absolute atomic E-state index is 11.8. The predicted octanol–water partition coefficient (Wildman–Crippen LogP) is 3.89. The molecule has 88 valence electrons. The summed E-state index contributed by atoms with van der Waals surface area (Å²) >= 11 is 7.33. The van der Waals surface area contributed by atoms with Gasteiger partial charge in [-0.3, -0.25) is 4.79 Å². The molecule has 0 saturated carbocycles. The lowest BCUT2D eigenvalue weighted by Gasteiger charge is -2.13. The summed E-state index contributed by atoms with van der Waals surface area (Å²) in [6.07, 6.45) is 0. The molecule has 1 atom stereocenters. The molecule has 0 spiro atoms. The molecular formula is C13H12ClNOS. The Labute approximate surface area is 109 Å². The molecule has 17 heavy (non-hydrogen) atoms. The Morgan fingerprint density at radius 3 is 2.59 bits per heavy atom. The summed E-state index contributed by atoms with van der Waals surface area (Å²) in [4.78, 5) is 11.8. The minimum absolute atomic E-state index is 0.0281. The van der Waals surface area contributed by atoms with E-state index in [0.717, 1.165) is 5.56 Å². The van der Waals surface area contributed by atoms with E-state index in [9.17, 15) is 4.79 Å². The van der Waals surface area contributed by atoms with Gasteiger partial charge in [0.05, 0.1) is 11.6 Å². The molecule has 1 unspecified atom stereocenters. The number of nitrogens with one attached hydrogen (secondary N) is 1. The van der Waals surface area contributed by atoms with Crippen molar-refractivity contribution >= 4 is 28.8 Å². The summed E-state index contributed by atoms with van der Waals surface area (Å²) in [5, 5.41) is 7.37. The van der Waals surface area contributed by atoms with Gasteiger partial charge in [0.15, 0.2) is 0 Å². The zero-order chi connectivity index (χ0) is 12.3. The highest BCUT2D eigenvalue weighted by molar-refractivity contribution is 7.08. The quantitative estimate of drug-likeness (QED) is 0.896. The van der Waals surface area contributed by atoms with Crippen LogP contribution in [0.25, 0.3) is 0 Å². The predicted molar refractivity (Wildman–Crippen MR) is 71.7 cm³/mol. The van der Waals surface area contributed by atoms with Gasteiger partial charge in [0.25, 0.3) is 5.91 Å². The second-order valence-corrected chi connectivity index (χ2v) is 4.98. The second-order valence-electron chi connectivity index (χ2n) is 3.76. The molecule has 1 aromatic heterocycles. The van der Waals surface area contributed by atoms with Crippen molar-refractivity contribution in [2.45, 2.75) is 13.0 Å². The first kappa shape index (κ1) is 12.1. The fraction of sp³-hybridized carbons (Fsp3) is 0.154. The summed E-state index contributed by atoms with van der Waals surface area (Å²) < 4.78 is 0. The van der Waals surface area contributed by atoms with Crippen molar-refractivity contribution in [3.05, 3.63) is 57.2 Å². The Kier molecular flexibility index (Phi) is 3.82. The zero-order valence-corrected chi connectivity index (χ0v) is 10.9. The van der Waals surface area contributed by atoms with E-state index in [0.29, 0.717) is 10.6 Å². The van der Waals surface area contributed by atoms with E-state index >= 15 is 0 Å². The monoisotopic (exact) mass is 265 g/mol. The van der Waals surface area contributed by atoms with Crippen LogP contribution in [0.4, 0.5) is 0 Å². The molecule has 1 heterocycles. The van der Waals surface area contributed by atoms with Crippen LogP contribution in [0.5, 0.6) is 0 Å². The van der Waals surface area contributed by atoms with Crippen molar-refractivity contribution in [1.29, 1.82) is 0 Å². The third-order valence-corrected chi connectivity index (χ3v) is 3.44. The van der Waals surface area contributed by atoms with Gasteiger partial charge in [0.2, 0.25) is 0 Å². The highest BCUT2D eigenvalue weighted by atomic mass is 35.5. The van der Waals surface area contributed by atoms with E-state index in [4.69, 9.17) is 11.6 Å². The SMILES string of the molecule is CC(NC(=O)c1ccsc1)c1ccc(Cl)cc1. The number of carbonyl (C=O) groups is 1. The Hall–Kier alpha value is -1.32. The zero-order valence-electron chi connectivity index (χ0n) is 9.31. The second kappa shape index (κ2) is 5.34. The van der Waals surface area contributed by atoms with Gasteiger partial charge in [0.1, 0.15) is 0 Å². The summed E-state index contributed by atoms with van der Waals surface area (Å²) in [5.41, 5.74) is 1.74. The molecule has 0 radical (unpaired) electrons. The Morgan fingerprint density at radius 1 is 1.29 bits per heavy atom. The van der Waals surface area contributed by atoms with E-state index in [-0.39, 0.29) is 11.9 Å².